The lowest BCUT2D eigenvalue weighted by Gasteiger charge is -2.14. The minimum atomic E-state index is -4.56. The molecule has 9 heteroatoms. The molecule has 2 aromatic rings. The molecule has 0 aromatic heterocycles. The van der Waals surface area contributed by atoms with E-state index in [1.807, 2.05) is 0 Å². The van der Waals surface area contributed by atoms with Gasteiger partial charge in [-0.2, -0.15) is 13.2 Å². The molecule has 0 amide bonds. The average Bonchev–Trinajstić information content (AvgIpc) is 3.25. The number of allylic oxidation sites excluding steroid dienone is 4. The lowest BCUT2D eigenvalue weighted by molar-refractivity contribution is -0.137. The van der Waals surface area contributed by atoms with Crippen molar-refractivity contribution < 1.29 is 26.3 Å². The van der Waals surface area contributed by atoms with Crippen molar-refractivity contribution in [2.45, 2.75) is 25.6 Å². The van der Waals surface area contributed by atoms with Crippen LogP contribution in [0.5, 0.6) is 0 Å². The van der Waals surface area contributed by atoms with Gasteiger partial charge in [-0.25, -0.2) is 23.1 Å². The van der Waals surface area contributed by atoms with Crippen molar-refractivity contribution >= 4 is 5.57 Å². The third-order valence-electron chi connectivity index (χ3n) is 5.80. The van der Waals surface area contributed by atoms with Crippen LogP contribution < -0.4 is 0 Å². The van der Waals surface area contributed by atoms with E-state index in [2.05, 4.69) is 9.97 Å². The Morgan fingerprint density at radius 2 is 1.69 bits per heavy atom. The van der Waals surface area contributed by atoms with Gasteiger partial charge in [0.2, 0.25) is 0 Å². The largest absolute Gasteiger partial charge is 0.417 e. The van der Waals surface area contributed by atoms with Gasteiger partial charge in [-0.15, -0.1) is 0 Å². The van der Waals surface area contributed by atoms with Crippen LogP contribution in [0.15, 0.2) is 78.7 Å². The van der Waals surface area contributed by atoms with E-state index in [-0.39, 0.29) is 41.1 Å². The number of imidazole rings is 1. The molecule has 1 aliphatic carbocycles. The Kier molecular flexibility index (Phi) is 5.70. The SMILES string of the molecule is FC1=C(F)C(c2nc3ccn(Cc4ccc(-c5ccccc5C(F)(F)F)cc4F)cc-3n2)=CCC1. The summed E-state index contributed by atoms with van der Waals surface area (Å²) in [6, 6.07) is 10.6. The summed E-state index contributed by atoms with van der Waals surface area (Å²) < 4.78 is 84.3. The quantitative estimate of drug-likeness (QED) is 0.279. The van der Waals surface area contributed by atoms with Crippen molar-refractivity contribution in [1.29, 1.82) is 0 Å². The first kappa shape index (κ1) is 22.9. The van der Waals surface area contributed by atoms with Crippen molar-refractivity contribution in [1.82, 2.24) is 14.5 Å². The van der Waals surface area contributed by atoms with Crippen LogP contribution in [0, 0.1) is 5.82 Å². The Morgan fingerprint density at radius 3 is 2.46 bits per heavy atom. The number of nitrogens with zero attached hydrogens (tertiary/aromatic N) is 3. The van der Waals surface area contributed by atoms with Crippen molar-refractivity contribution in [3.63, 3.8) is 0 Å². The second-order valence-corrected chi connectivity index (χ2v) is 8.16. The predicted molar refractivity (Wildman–Crippen MR) is 119 cm³/mol. The van der Waals surface area contributed by atoms with E-state index in [1.165, 1.54) is 30.3 Å². The summed E-state index contributed by atoms with van der Waals surface area (Å²) in [5.41, 5.74) is 0.333. The third kappa shape index (κ3) is 4.45. The number of aromatic nitrogens is 3. The molecule has 0 radical (unpaired) electrons. The maximum Gasteiger partial charge on any atom is 0.417 e. The summed E-state index contributed by atoms with van der Waals surface area (Å²) >= 11 is 0. The van der Waals surface area contributed by atoms with E-state index < -0.39 is 29.2 Å². The van der Waals surface area contributed by atoms with Crippen LogP contribution in [0.1, 0.15) is 29.8 Å². The lowest BCUT2D eigenvalue weighted by atomic mass is 9.98. The van der Waals surface area contributed by atoms with Crippen molar-refractivity contribution in [2.24, 2.45) is 0 Å². The number of halogens is 6. The lowest BCUT2D eigenvalue weighted by Crippen LogP contribution is -2.07. The van der Waals surface area contributed by atoms with E-state index in [0.717, 1.165) is 12.1 Å². The van der Waals surface area contributed by atoms with Gasteiger partial charge in [-0.1, -0.05) is 36.4 Å². The summed E-state index contributed by atoms with van der Waals surface area (Å²) in [6.45, 7) is 0.0801. The van der Waals surface area contributed by atoms with E-state index in [9.17, 15) is 26.3 Å². The van der Waals surface area contributed by atoms with Gasteiger partial charge in [0, 0.05) is 30.9 Å². The normalized spacial score (nSPS) is 14.5. The average molecular weight is 485 g/mol. The number of benzene rings is 2. The molecule has 2 aromatic carbocycles. The Hall–Kier alpha value is -3.88. The molecule has 0 atom stereocenters. The van der Waals surface area contributed by atoms with Gasteiger partial charge >= 0.3 is 6.18 Å². The van der Waals surface area contributed by atoms with Crippen LogP contribution in [0.2, 0.25) is 0 Å². The van der Waals surface area contributed by atoms with Gasteiger partial charge < -0.3 is 4.57 Å². The fraction of sp³-hybridized carbons (Fsp3) is 0.154. The van der Waals surface area contributed by atoms with Crippen LogP contribution in [0.25, 0.3) is 28.1 Å². The first-order valence-electron chi connectivity index (χ1n) is 10.7. The monoisotopic (exact) mass is 485 g/mol. The molecule has 3 aliphatic rings. The molecule has 0 spiro atoms. The van der Waals surface area contributed by atoms with Crippen LogP contribution in [-0.4, -0.2) is 14.5 Å². The number of alkyl halides is 3. The minimum Gasteiger partial charge on any atom is -0.347 e. The topological polar surface area (TPSA) is 30.7 Å². The van der Waals surface area contributed by atoms with Crippen LogP contribution >= 0.6 is 0 Å². The zero-order valence-corrected chi connectivity index (χ0v) is 18.1. The van der Waals surface area contributed by atoms with Crippen molar-refractivity contribution in [3.8, 4) is 22.5 Å². The zero-order valence-electron chi connectivity index (χ0n) is 18.1. The highest BCUT2D eigenvalue weighted by atomic mass is 19.4. The summed E-state index contributed by atoms with van der Waals surface area (Å²) in [5.74, 6) is -2.38. The molecule has 2 heterocycles. The highest BCUT2D eigenvalue weighted by Gasteiger charge is 2.33. The maximum atomic E-state index is 14.9. The van der Waals surface area contributed by atoms with Gasteiger partial charge in [0.1, 0.15) is 17.3 Å². The molecule has 5 rings (SSSR count). The number of hydrogen-bond donors (Lipinski definition) is 0. The standard InChI is InChI=1S/C26H17F6N3/c27-20-7-3-5-18(24(20)29)25-33-22-10-11-35(14-23(22)34-25)13-16-9-8-15(12-21(16)28)17-4-1-2-6-19(17)26(30,31)32/h1-2,4-6,8-12,14H,3,7,13H2. The second-order valence-electron chi connectivity index (χ2n) is 8.16. The summed E-state index contributed by atoms with van der Waals surface area (Å²) in [5, 5.41) is 0. The molecular weight excluding hydrogens is 468 g/mol. The molecule has 2 aliphatic heterocycles. The highest BCUT2D eigenvalue weighted by molar-refractivity contribution is 5.77. The van der Waals surface area contributed by atoms with Crippen LogP contribution in [-0.2, 0) is 12.7 Å². The van der Waals surface area contributed by atoms with Gasteiger partial charge in [-0.3, -0.25) is 0 Å². The molecule has 0 saturated heterocycles. The number of pyridine rings is 1. The first-order chi connectivity index (χ1) is 16.7. The second kappa shape index (κ2) is 8.72. The summed E-state index contributed by atoms with van der Waals surface area (Å²) in [6.07, 6.45) is 0.571. The van der Waals surface area contributed by atoms with E-state index in [1.54, 1.807) is 29.1 Å². The Balaban J connectivity index is 1.42. The van der Waals surface area contributed by atoms with Gasteiger partial charge in [-0.05, 0) is 35.7 Å². The molecule has 178 valence electrons. The maximum absolute atomic E-state index is 14.9. The van der Waals surface area contributed by atoms with Crippen molar-refractivity contribution in [3.05, 3.63) is 101 Å². The van der Waals surface area contributed by atoms with E-state index >= 15 is 0 Å². The number of hydrogen-bond acceptors (Lipinski definition) is 2. The van der Waals surface area contributed by atoms with E-state index in [4.69, 9.17) is 0 Å². The third-order valence-corrected chi connectivity index (χ3v) is 5.80. The Labute approximate surface area is 196 Å². The summed E-state index contributed by atoms with van der Waals surface area (Å²) in [4.78, 5) is 8.55. The molecule has 0 fully saturated rings. The van der Waals surface area contributed by atoms with Gasteiger partial charge in [0.05, 0.1) is 16.8 Å². The minimum absolute atomic E-state index is 0.00169. The fourth-order valence-corrected chi connectivity index (χ4v) is 4.07. The predicted octanol–water partition coefficient (Wildman–Crippen LogP) is 7.58. The molecule has 0 unspecified atom stereocenters. The smallest absolute Gasteiger partial charge is 0.347 e. The number of fused-ring (bicyclic) bond motifs is 1. The summed E-state index contributed by atoms with van der Waals surface area (Å²) in [7, 11) is 0. The molecule has 3 nitrogen and oxygen atoms in total. The first-order valence-corrected chi connectivity index (χ1v) is 10.7. The highest BCUT2D eigenvalue weighted by Crippen LogP contribution is 2.38. The zero-order chi connectivity index (χ0) is 24.7. The molecular formula is C26H17F6N3. The Morgan fingerprint density at radius 1 is 0.914 bits per heavy atom. The van der Waals surface area contributed by atoms with Gasteiger partial charge in [0.15, 0.2) is 11.7 Å². The Bertz CT molecular complexity index is 1450. The van der Waals surface area contributed by atoms with Crippen molar-refractivity contribution in [2.75, 3.05) is 0 Å². The van der Waals surface area contributed by atoms with Gasteiger partial charge in [0.25, 0.3) is 0 Å². The fourth-order valence-electron chi connectivity index (χ4n) is 4.07. The molecule has 0 bridgehead atoms. The molecule has 0 N–H and O–H groups in total. The van der Waals surface area contributed by atoms with Crippen LogP contribution in [0.4, 0.5) is 26.3 Å². The van der Waals surface area contributed by atoms with E-state index in [0.29, 0.717) is 17.8 Å². The van der Waals surface area contributed by atoms with Crippen LogP contribution in [0.3, 0.4) is 0 Å². The number of rotatable bonds is 4. The molecule has 0 saturated carbocycles. The molecule has 35 heavy (non-hydrogen) atoms.